The second-order valence-electron chi connectivity index (χ2n) is 4.64. The summed E-state index contributed by atoms with van der Waals surface area (Å²) in [6.45, 7) is 0.289. The molecule has 0 amide bonds. The zero-order chi connectivity index (χ0) is 15.5. The smallest absolute Gasteiger partial charge is 0.324 e. The van der Waals surface area contributed by atoms with E-state index in [0.29, 0.717) is 5.95 Å². The predicted octanol–water partition coefficient (Wildman–Crippen LogP) is 1.83. The van der Waals surface area contributed by atoms with Crippen LogP contribution in [0.1, 0.15) is 12.8 Å². The number of nitrogens with one attached hydrogen (secondary N) is 2. The maximum Gasteiger partial charge on any atom is 0.324 e. The first-order valence-electron chi connectivity index (χ1n) is 6.51. The van der Waals surface area contributed by atoms with Crippen LogP contribution in [-0.4, -0.2) is 54.0 Å². The van der Waals surface area contributed by atoms with Crippen molar-refractivity contribution in [3.8, 4) is 0 Å². The maximum atomic E-state index is 12.9. The Labute approximate surface area is 119 Å². The monoisotopic (exact) mass is 308 g/mol. The lowest BCUT2D eigenvalue weighted by Gasteiger charge is -2.18. The minimum absolute atomic E-state index is 0.156. The van der Waals surface area contributed by atoms with Crippen LogP contribution in [0.5, 0.6) is 0 Å². The molecule has 0 aromatic carbocycles. The highest BCUT2D eigenvalue weighted by Crippen LogP contribution is 2.23. The highest BCUT2D eigenvalue weighted by molar-refractivity contribution is 5.44. The lowest BCUT2D eigenvalue weighted by atomic mass is 10.3. The molecular formula is C11H16F4N6. The summed E-state index contributed by atoms with van der Waals surface area (Å²) in [5, 5.41) is 4.83. The molecule has 0 spiro atoms. The first-order valence-corrected chi connectivity index (χ1v) is 6.51. The van der Waals surface area contributed by atoms with E-state index in [4.69, 9.17) is 0 Å². The lowest BCUT2D eigenvalue weighted by Crippen LogP contribution is -2.35. The molecule has 1 aliphatic rings. The summed E-state index contributed by atoms with van der Waals surface area (Å²) in [6.07, 6.45) is -1.76. The summed E-state index contributed by atoms with van der Waals surface area (Å²) >= 11 is 0. The van der Waals surface area contributed by atoms with Crippen LogP contribution in [0.15, 0.2) is 0 Å². The highest BCUT2D eigenvalue weighted by atomic mass is 19.3. The number of anilines is 3. The van der Waals surface area contributed by atoms with E-state index < -0.39 is 18.9 Å². The van der Waals surface area contributed by atoms with Gasteiger partial charge < -0.3 is 15.5 Å². The van der Waals surface area contributed by atoms with Crippen molar-refractivity contribution in [2.75, 3.05) is 42.2 Å². The molecular weight excluding hydrogens is 292 g/mol. The van der Waals surface area contributed by atoms with Crippen molar-refractivity contribution in [3.63, 3.8) is 0 Å². The van der Waals surface area contributed by atoms with Gasteiger partial charge in [0, 0.05) is 20.1 Å². The first-order chi connectivity index (χ1) is 9.92. The molecule has 1 aromatic heterocycles. The Balaban J connectivity index is 2.13. The minimum atomic E-state index is -4.14. The van der Waals surface area contributed by atoms with Crippen molar-refractivity contribution in [3.05, 3.63) is 0 Å². The molecule has 10 heteroatoms. The van der Waals surface area contributed by atoms with Crippen LogP contribution < -0.4 is 15.5 Å². The Bertz CT molecular complexity index is 478. The summed E-state index contributed by atoms with van der Waals surface area (Å²) < 4.78 is 50.1. The molecule has 0 saturated carbocycles. The fourth-order valence-electron chi connectivity index (χ4n) is 1.89. The van der Waals surface area contributed by atoms with Crippen LogP contribution in [-0.2, 0) is 0 Å². The molecule has 21 heavy (non-hydrogen) atoms. The Morgan fingerprint density at radius 2 is 1.76 bits per heavy atom. The zero-order valence-corrected chi connectivity index (χ0v) is 11.4. The number of aromatic nitrogens is 3. The number of hydrogen-bond donors (Lipinski definition) is 2. The van der Waals surface area contributed by atoms with Crippen molar-refractivity contribution >= 4 is 17.8 Å². The second kappa shape index (κ2) is 6.27. The largest absolute Gasteiger partial charge is 0.357 e. The van der Waals surface area contributed by atoms with Gasteiger partial charge in [-0.3, -0.25) is 0 Å². The lowest BCUT2D eigenvalue weighted by molar-refractivity contribution is -0.117. The fourth-order valence-corrected chi connectivity index (χ4v) is 1.89. The molecule has 6 nitrogen and oxygen atoms in total. The molecule has 0 atom stereocenters. The van der Waals surface area contributed by atoms with Crippen LogP contribution >= 0.6 is 0 Å². The molecule has 118 valence electrons. The van der Waals surface area contributed by atoms with Gasteiger partial charge in [-0.1, -0.05) is 0 Å². The Hall–Kier alpha value is -1.87. The molecule has 1 saturated heterocycles. The van der Waals surface area contributed by atoms with E-state index in [-0.39, 0.29) is 11.9 Å². The van der Waals surface area contributed by atoms with Gasteiger partial charge in [-0.25, -0.2) is 8.78 Å². The van der Waals surface area contributed by atoms with Crippen LogP contribution in [0, 0.1) is 0 Å². The number of hydrogen-bond acceptors (Lipinski definition) is 6. The van der Waals surface area contributed by atoms with E-state index in [2.05, 4.69) is 25.6 Å². The van der Waals surface area contributed by atoms with E-state index in [1.54, 1.807) is 7.05 Å². The maximum absolute atomic E-state index is 12.9. The van der Waals surface area contributed by atoms with Crippen LogP contribution in [0.3, 0.4) is 0 Å². The standard InChI is InChI=1S/C11H16F4N6/c1-16-8-18-9(17-6-11(14,15)7(12)13)20-10(19-8)21-4-2-3-5-21/h7H,2-6H2,1H3,(H2,16,17,18,19,20). The molecule has 2 rings (SSSR count). The Morgan fingerprint density at radius 3 is 2.33 bits per heavy atom. The predicted molar refractivity (Wildman–Crippen MR) is 70.3 cm³/mol. The van der Waals surface area contributed by atoms with E-state index in [1.165, 1.54) is 0 Å². The third-order valence-corrected chi connectivity index (χ3v) is 3.04. The number of alkyl halides is 4. The van der Waals surface area contributed by atoms with Crippen LogP contribution in [0.25, 0.3) is 0 Å². The van der Waals surface area contributed by atoms with Gasteiger partial charge in [-0.05, 0) is 12.8 Å². The summed E-state index contributed by atoms with van der Waals surface area (Å²) in [5.74, 6) is -3.76. The highest BCUT2D eigenvalue weighted by Gasteiger charge is 2.40. The van der Waals surface area contributed by atoms with Gasteiger partial charge >= 0.3 is 12.3 Å². The van der Waals surface area contributed by atoms with E-state index in [9.17, 15) is 17.6 Å². The normalized spacial score (nSPS) is 15.6. The summed E-state index contributed by atoms with van der Waals surface area (Å²) in [4.78, 5) is 13.9. The third kappa shape index (κ3) is 3.82. The summed E-state index contributed by atoms with van der Waals surface area (Å²) in [5.41, 5.74) is 0. The van der Waals surface area contributed by atoms with Gasteiger partial charge in [0.1, 0.15) is 0 Å². The van der Waals surface area contributed by atoms with Crippen molar-refractivity contribution in [1.29, 1.82) is 0 Å². The SMILES string of the molecule is CNc1nc(NCC(F)(F)C(F)F)nc(N2CCCC2)n1. The topological polar surface area (TPSA) is 66.0 Å². The van der Waals surface area contributed by atoms with Crippen LogP contribution in [0.2, 0.25) is 0 Å². The molecule has 0 aliphatic carbocycles. The van der Waals surface area contributed by atoms with E-state index in [0.717, 1.165) is 25.9 Å². The molecule has 1 aromatic rings. The second-order valence-corrected chi connectivity index (χ2v) is 4.64. The summed E-state index contributed by atoms with van der Waals surface area (Å²) in [7, 11) is 1.57. The quantitative estimate of drug-likeness (QED) is 0.782. The van der Waals surface area contributed by atoms with Gasteiger partial charge in [0.05, 0.1) is 6.54 Å². The van der Waals surface area contributed by atoms with Gasteiger partial charge in [-0.15, -0.1) is 0 Å². The zero-order valence-electron chi connectivity index (χ0n) is 11.4. The third-order valence-electron chi connectivity index (χ3n) is 3.04. The molecule has 0 unspecified atom stereocenters. The van der Waals surface area contributed by atoms with Crippen molar-refractivity contribution < 1.29 is 17.6 Å². The van der Waals surface area contributed by atoms with Crippen LogP contribution in [0.4, 0.5) is 35.4 Å². The van der Waals surface area contributed by atoms with Gasteiger partial charge in [-0.2, -0.15) is 23.7 Å². The molecule has 1 fully saturated rings. The fraction of sp³-hybridized carbons (Fsp3) is 0.727. The van der Waals surface area contributed by atoms with E-state index in [1.807, 2.05) is 4.90 Å². The molecule has 1 aliphatic heterocycles. The Morgan fingerprint density at radius 1 is 1.14 bits per heavy atom. The molecule has 2 heterocycles. The average Bonchev–Trinajstić information content (AvgIpc) is 2.99. The molecule has 2 N–H and O–H groups in total. The van der Waals surface area contributed by atoms with Crippen molar-refractivity contribution in [2.45, 2.75) is 25.2 Å². The minimum Gasteiger partial charge on any atom is -0.357 e. The van der Waals surface area contributed by atoms with Gasteiger partial charge in [0.2, 0.25) is 17.8 Å². The van der Waals surface area contributed by atoms with Crippen molar-refractivity contribution in [1.82, 2.24) is 15.0 Å². The van der Waals surface area contributed by atoms with Gasteiger partial charge in [0.25, 0.3) is 0 Å². The Kier molecular flexibility index (Phi) is 4.63. The van der Waals surface area contributed by atoms with E-state index >= 15 is 0 Å². The number of halogens is 4. The molecule has 0 bridgehead atoms. The molecule has 0 radical (unpaired) electrons. The van der Waals surface area contributed by atoms with Crippen molar-refractivity contribution in [2.24, 2.45) is 0 Å². The average molecular weight is 308 g/mol. The number of rotatable bonds is 6. The first kappa shape index (κ1) is 15.5. The van der Waals surface area contributed by atoms with Gasteiger partial charge in [0.15, 0.2) is 0 Å². The number of nitrogens with zero attached hydrogens (tertiary/aromatic N) is 4. The summed E-state index contributed by atoms with van der Waals surface area (Å²) in [6, 6.07) is 0.